The van der Waals surface area contributed by atoms with Crippen LogP contribution in [0.25, 0.3) is 0 Å². The molecule has 4 heteroatoms. The third kappa shape index (κ3) is 10.7. The van der Waals surface area contributed by atoms with Gasteiger partial charge in [0.25, 0.3) is 0 Å². The number of aryl methyl sites for hydroxylation is 1. The van der Waals surface area contributed by atoms with Crippen LogP contribution in [0.4, 0.5) is 0 Å². The van der Waals surface area contributed by atoms with Gasteiger partial charge < -0.3 is 0 Å². The molecule has 0 saturated carbocycles. The minimum absolute atomic E-state index is 1.04. The molecule has 14 heavy (non-hydrogen) atoms. The summed E-state index contributed by atoms with van der Waals surface area (Å²) in [5, 5.41) is 0. The highest BCUT2D eigenvalue weighted by molar-refractivity contribution is 7.54. The van der Waals surface area contributed by atoms with Crippen molar-refractivity contribution < 1.29 is 0 Å². The van der Waals surface area contributed by atoms with Crippen LogP contribution in [0, 0.1) is 6.92 Å². The van der Waals surface area contributed by atoms with Crippen LogP contribution < -0.4 is 0 Å². The SMILES string of the molecule is [CH2]CCCc1ccccc1.[Cl][Al]([Cl])[Cl]. The summed E-state index contributed by atoms with van der Waals surface area (Å²) in [5.41, 5.74) is 1.42. The molecule has 1 rings (SSSR count). The maximum atomic E-state index is 4.94. The number of halogens is 3. The molecule has 0 aliphatic carbocycles. The lowest BCUT2D eigenvalue weighted by Gasteiger charge is -1.96. The first-order chi connectivity index (χ1) is 6.66. The van der Waals surface area contributed by atoms with Gasteiger partial charge in [0.15, 0.2) is 0 Å². The normalized spacial score (nSPS) is 8.86. The van der Waals surface area contributed by atoms with Crippen molar-refractivity contribution in [2.24, 2.45) is 0 Å². The van der Waals surface area contributed by atoms with E-state index in [1.54, 1.807) is 0 Å². The van der Waals surface area contributed by atoms with Gasteiger partial charge in [-0.15, -0.1) is 0 Å². The van der Waals surface area contributed by atoms with E-state index in [0.29, 0.717) is 0 Å². The van der Waals surface area contributed by atoms with E-state index in [0.717, 1.165) is 6.42 Å². The second-order valence-electron chi connectivity index (χ2n) is 2.69. The number of benzene rings is 1. The Bertz CT molecular complexity index is 211. The van der Waals surface area contributed by atoms with Crippen LogP contribution in [0.5, 0.6) is 0 Å². The van der Waals surface area contributed by atoms with Gasteiger partial charge in [-0.25, -0.2) is 30.1 Å². The van der Waals surface area contributed by atoms with Gasteiger partial charge >= 0.3 is 11.4 Å². The van der Waals surface area contributed by atoms with Gasteiger partial charge in [0, 0.05) is 0 Å². The average Bonchev–Trinajstić information content (AvgIpc) is 2.15. The molecule has 0 fully saturated rings. The fraction of sp³-hybridized carbons (Fsp3) is 0.300. The van der Waals surface area contributed by atoms with E-state index in [9.17, 15) is 0 Å². The largest absolute Gasteiger partial charge is 0.643 e. The van der Waals surface area contributed by atoms with Gasteiger partial charge in [-0.2, -0.15) is 0 Å². The quantitative estimate of drug-likeness (QED) is 0.705. The molecule has 77 valence electrons. The van der Waals surface area contributed by atoms with Crippen molar-refractivity contribution in [3.63, 3.8) is 0 Å². The first-order valence-electron chi connectivity index (χ1n) is 4.42. The highest BCUT2D eigenvalue weighted by atomic mass is 35.8. The van der Waals surface area contributed by atoms with Crippen LogP contribution in [-0.2, 0) is 6.42 Å². The summed E-state index contributed by atoms with van der Waals surface area (Å²) in [7, 11) is 14.8. The lowest BCUT2D eigenvalue weighted by Crippen LogP contribution is -1.81. The molecule has 0 amide bonds. The van der Waals surface area contributed by atoms with Crippen molar-refractivity contribution in [1.82, 2.24) is 0 Å². The zero-order valence-corrected chi connectivity index (χ0v) is 11.3. The van der Waals surface area contributed by atoms with Crippen molar-refractivity contribution >= 4 is 41.5 Å². The van der Waals surface area contributed by atoms with Crippen molar-refractivity contribution in [3.8, 4) is 0 Å². The Morgan fingerprint density at radius 3 is 2.00 bits per heavy atom. The van der Waals surface area contributed by atoms with Crippen LogP contribution in [-0.4, -0.2) is 11.4 Å². The molecule has 1 radical (unpaired) electrons. The molecule has 0 aliphatic heterocycles. The number of hydrogen-bond acceptors (Lipinski definition) is 0. The maximum absolute atomic E-state index is 4.94. The fourth-order valence-corrected chi connectivity index (χ4v) is 0.974. The Morgan fingerprint density at radius 1 is 1.07 bits per heavy atom. The van der Waals surface area contributed by atoms with E-state index in [-0.39, 0.29) is 0 Å². The summed E-state index contributed by atoms with van der Waals surface area (Å²) in [6.07, 6.45) is 3.41. The Balaban J connectivity index is 0.000000364. The zero-order valence-electron chi connectivity index (χ0n) is 7.93. The van der Waals surface area contributed by atoms with E-state index in [1.165, 1.54) is 18.4 Å². The molecule has 0 unspecified atom stereocenters. The third-order valence-corrected chi connectivity index (χ3v) is 1.56. The highest BCUT2D eigenvalue weighted by Gasteiger charge is 2.00. The standard InChI is InChI=1S/C10H13.Al.3ClH/c1-2-3-7-10-8-5-4-6-9-10;;;;/h4-6,8-9H,1-3,7H2;;3*1H/q;+3;;;/p-3. The molecule has 0 aromatic heterocycles. The minimum atomic E-state index is -1.72. The average molecular weight is 267 g/mol. The van der Waals surface area contributed by atoms with Gasteiger partial charge in [0.2, 0.25) is 0 Å². The lowest BCUT2D eigenvalue weighted by atomic mass is 10.1. The van der Waals surface area contributed by atoms with Crippen LogP contribution in [0.3, 0.4) is 0 Å². The summed E-state index contributed by atoms with van der Waals surface area (Å²) >= 11 is -1.72. The summed E-state index contributed by atoms with van der Waals surface area (Å²) < 4.78 is 0. The van der Waals surface area contributed by atoms with E-state index in [1.807, 2.05) is 6.07 Å². The number of hydrogen-bond donors (Lipinski definition) is 0. The summed E-state index contributed by atoms with van der Waals surface area (Å²) in [5.74, 6) is 0. The number of rotatable bonds is 3. The molecule has 1 aromatic rings. The second-order valence-corrected chi connectivity index (χ2v) is 9.12. The molecule has 0 heterocycles. The van der Waals surface area contributed by atoms with Gasteiger partial charge in [0.1, 0.15) is 0 Å². The van der Waals surface area contributed by atoms with E-state index in [4.69, 9.17) is 30.1 Å². The molecule has 0 saturated heterocycles. The van der Waals surface area contributed by atoms with Crippen molar-refractivity contribution in [1.29, 1.82) is 0 Å². The van der Waals surface area contributed by atoms with E-state index >= 15 is 0 Å². The van der Waals surface area contributed by atoms with Crippen LogP contribution in [0.1, 0.15) is 18.4 Å². The maximum Gasteiger partial charge on any atom is 0.643 e. The molecule has 0 aliphatic rings. The predicted molar refractivity (Wildman–Crippen MR) is 68.1 cm³/mol. The predicted octanol–water partition coefficient (Wildman–Crippen LogP) is 4.53. The Morgan fingerprint density at radius 2 is 1.57 bits per heavy atom. The van der Waals surface area contributed by atoms with Crippen molar-refractivity contribution in [3.05, 3.63) is 42.8 Å². The van der Waals surface area contributed by atoms with Gasteiger partial charge in [-0.05, 0) is 18.4 Å². The zero-order chi connectivity index (χ0) is 10.8. The highest BCUT2D eigenvalue weighted by Crippen LogP contribution is 2.03. The van der Waals surface area contributed by atoms with Crippen molar-refractivity contribution in [2.75, 3.05) is 0 Å². The number of unbranched alkanes of at least 4 members (excludes halogenated alkanes) is 1. The molecule has 0 bridgehead atoms. The molecule has 0 spiro atoms. The van der Waals surface area contributed by atoms with E-state index < -0.39 is 11.4 Å². The van der Waals surface area contributed by atoms with E-state index in [2.05, 4.69) is 31.2 Å². The molecular weight excluding hydrogens is 253 g/mol. The third-order valence-electron chi connectivity index (χ3n) is 1.56. The van der Waals surface area contributed by atoms with Gasteiger partial charge in [-0.1, -0.05) is 43.7 Å². The minimum Gasteiger partial charge on any atom is -0.214 e. The molecule has 0 atom stereocenters. The Labute approximate surface area is 103 Å². The van der Waals surface area contributed by atoms with Crippen molar-refractivity contribution in [2.45, 2.75) is 19.3 Å². The summed E-state index contributed by atoms with van der Waals surface area (Å²) in [6.45, 7) is 3.80. The lowest BCUT2D eigenvalue weighted by molar-refractivity contribution is 0.841. The topological polar surface area (TPSA) is 0 Å². The molecular formula is C10H13AlCl3. The summed E-state index contributed by atoms with van der Waals surface area (Å²) in [4.78, 5) is 0. The molecule has 0 N–H and O–H groups in total. The first kappa shape index (κ1) is 14.6. The second kappa shape index (κ2) is 10.2. The Hall–Kier alpha value is 0.622. The fourth-order valence-electron chi connectivity index (χ4n) is 0.974. The van der Waals surface area contributed by atoms with Crippen LogP contribution >= 0.6 is 30.1 Å². The van der Waals surface area contributed by atoms with Crippen LogP contribution in [0.15, 0.2) is 30.3 Å². The summed E-state index contributed by atoms with van der Waals surface area (Å²) in [6, 6.07) is 10.5. The van der Waals surface area contributed by atoms with Crippen LogP contribution in [0.2, 0.25) is 0 Å². The smallest absolute Gasteiger partial charge is 0.214 e. The monoisotopic (exact) mass is 265 g/mol. The van der Waals surface area contributed by atoms with Gasteiger partial charge in [-0.3, -0.25) is 0 Å². The first-order valence-corrected chi connectivity index (χ1v) is 9.66. The Kier molecular flexibility index (Phi) is 10.6. The molecule has 0 nitrogen and oxygen atoms in total. The molecule has 1 aromatic carbocycles. The van der Waals surface area contributed by atoms with Gasteiger partial charge in [0.05, 0.1) is 0 Å².